The van der Waals surface area contributed by atoms with Crippen LogP contribution in [0.4, 0.5) is 14.5 Å². The van der Waals surface area contributed by atoms with Gasteiger partial charge in [-0.15, -0.1) is 6.42 Å². The summed E-state index contributed by atoms with van der Waals surface area (Å²) in [5.74, 6) is 0.954. The van der Waals surface area contributed by atoms with Gasteiger partial charge < -0.3 is 4.90 Å². The Bertz CT molecular complexity index is 1270. The average molecular weight is 475 g/mol. The Morgan fingerprint density at radius 3 is 2.19 bits per heavy atom. The van der Waals surface area contributed by atoms with E-state index >= 15 is 0 Å². The first kappa shape index (κ1) is 23.3. The normalized spacial score (nSPS) is 10.9. The van der Waals surface area contributed by atoms with Gasteiger partial charge in [0.15, 0.2) is 0 Å². The largest absolute Gasteiger partial charge is 0.323 e. The summed E-state index contributed by atoms with van der Waals surface area (Å²) in [6.07, 6.45) is 5.39. The first-order valence-electron chi connectivity index (χ1n) is 9.25. The molecule has 9 heteroatoms. The highest BCUT2D eigenvalue weighted by Gasteiger charge is 2.20. The Hall–Kier alpha value is -3.41. The molecule has 0 heterocycles. The number of terminal acetylenes is 1. The molecule has 0 saturated carbocycles. The van der Waals surface area contributed by atoms with E-state index in [-0.39, 0.29) is 34.3 Å². The Labute approximate surface area is 189 Å². The van der Waals surface area contributed by atoms with E-state index in [4.69, 9.17) is 18.0 Å². The van der Waals surface area contributed by atoms with Crippen molar-refractivity contribution in [2.75, 3.05) is 11.3 Å². The summed E-state index contributed by atoms with van der Waals surface area (Å²) >= 11 is 6.13. The summed E-state index contributed by atoms with van der Waals surface area (Å²) in [5, 5.41) is 0.0641. The van der Waals surface area contributed by atoms with Gasteiger partial charge in [-0.2, -0.15) is 0 Å². The van der Waals surface area contributed by atoms with Gasteiger partial charge in [-0.05, 0) is 60.2 Å². The first-order chi connectivity index (χ1) is 15.2. The Balaban J connectivity index is 1.87. The van der Waals surface area contributed by atoms with Crippen LogP contribution < -0.4 is 4.72 Å². The maximum Gasteiger partial charge on any atom is 0.261 e. The number of nitrogens with one attached hydrogen (secondary N) is 1. The first-order valence-corrected chi connectivity index (χ1v) is 11.1. The van der Waals surface area contributed by atoms with Crippen LogP contribution in [0.2, 0.25) is 5.02 Å². The monoisotopic (exact) mass is 474 g/mol. The standard InChI is InChI=1S/C23H17ClF2N2O3S/c1-2-13-28(15-16-3-6-18(25)7-4-16)23(29)17-5-12-21(24)22(14-17)27-32(30,31)20-10-8-19(26)9-11-20/h1,3-12,14,27H,13,15H2. The molecule has 1 amide bonds. The lowest BCUT2D eigenvalue weighted by Gasteiger charge is -2.21. The van der Waals surface area contributed by atoms with Crippen LogP contribution >= 0.6 is 11.6 Å². The zero-order valence-corrected chi connectivity index (χ0v) is 18.1. The Morgan fingerprint density at radius 2 is 1.59 bits per heavy atom. The van der Waals surface area contributed by atoms with Crippen molar-refractivity contribution in [3.63, 3.8) is 0 Å². The highest BCUT2D eigenvalue weighted by atomic mass is 35.5. The number of anilines is 1. The molecule has 32 heavy (non-hydrogen) atoms. The van der Waals surface area contributed by atoms with Crippen molar-refractivity contribution in [3.05, 3.63) is 94.5 Å². The van der Waals surface area contributed by atoms with E-state index in [1.807, 2.05) is 0 Å². The average Bonchev–Trinajstić information content (AvgIpc) is 2.76. The van der Waals surface area contributed by atoms with E-state index in [1.54, 1.807) is 0 Å². The van der Waals surface area contributed by atoms with Crippen molar-refractivity contribution in [3.8, 4) is 12.3 Å². The van der Waals surface area contributed by atoms with Crippen LogP contribution in [0, 0.1) is 24.0 Å². The third-order valence-corrected chi connectivity index (χ3v) is 6.15. The number of hydrogen-bond acceptors (Lipinski definition) is 3. The minimum Gasteiger partial charge on any atom is -0.323 e. The molecule has 0 aliphatic rings. The molecule has 3 aromatic carbocycles. The summed E-state index contributed by atoms with van der Waals surface area (Å²) in [4.78, 5) is 14.2. The topological polar surface area (TPSA) is 66.5 Å². The highest BCUT2D eigenvalue weighted by molar-refractivity contribution is 7.92. The number of nitrogens with zero attached hydrogens (tertiary/aromatic N) is 1. The number of amides is 1. The summed E-state index contributed by atoms with van der Waals surface area (Å²) in [6.45, 7) is 0.109. The molecule has 3 rings (SSSR count). The molecule has 164 valence electrons. The van der Waals surface area contributed by atoms with Gasteiger partial charge in [-0.3, -0.25) is 9.52 Å². The molecule has 5 nitrogen and oxygen atoms in total. The Kier molecular flexibility index (Phi) is 7.13. The number of sulfonamides is 1. The fourth-order valence-electron chi connectivity index (χ4n) is 2.86. The molecule has 0 aliphatic heterocycles. The molecule has 0 radical (unpaired) electrons. The lowest BCUT2D eigenvalue weighted by Crippen LogP contribution is -2.31. The molecular formula is C23H17ClF2N2O3S. The quantitative estimate of drug-likeness (QED) is 0.505. The maximum atomic E-state index is 13.2. The van der Waals surface area contributed by atoms with E-state index in [9.17, 15) is 22.0 Å². The summed E-state index contributed by atoms with van der Waals surface area (Å²) in [5.41, 5.74) is 0.786. The molecule has 0 fully saturated rings. The molecule has 0 bridgehead atoms. The van der Waals surface area contributed by atoms with Gasteiger partial charge in [0.25, 0.3) is 15.9 Å². The van der Waals surface area contributed by atoms with Crippen LogP contribution in [0.15, 0.2) is 71.6 Å². The van der Waals surface area contributed by atoms with E-state index < -0.39 is 27.6 Å². The van der Waals surface area contributed by atoms with Gasteiger partial charge in [-0.1, -0.05) is 29.7 Å². The number of rotatable bonds is 7. The minimum absolute atomic E-state index is 0.0184. The van der Waals surface area contributed by atoms with Crippen LogP contribution in [0.3, 0.4) is 0 Å². The fourth-order valence-corrected chi connectivity index (χ4v) is 4.15. The summed E-state index contributed by atoms with van der Waals surface area (Å²) in [7, 11) is -4.07. The number of carbonyl (C=O) groups excluding carboxylic acids is 1. The van der Waals surface area contributed by atoms with Crippen LogP contribution in [0.1, 0.15) is 15.9 Å². The zero-order chi connectivity index (χ0) is 23.3. The van der Waals surface area contributed by atoms with Crippen molar-refractivity contribution in [2.24, 2.45) is 0 Å². The molecule has 0 spiro atoms. The van der Waals surface area contributed by atoms with Gasteiger partial charge in [0, 0.05) is 12.1 Å². The third kappa shape index (κ3) is 5.63. The zero-order valence-electron chi connectivity index (χ0n) is 16.6. The van der Waals surface area contributed by atoms with Crippen LogP contribution in [-0.2, 0) is 16.6 Å². The van der Waals surface area contributed by atoms with Gasteiger partial charge in [0.1, 0.15) is 11.6 Å². The maximum absolute atomic E-state index is 13.2. The predicted octanol–water partition coefficient (Wildman–Crippen LogP) is 4.69. The van der Waals surface area contributed by atoms with Crippen molar-refractivity contribution in [2.45, 2.75) is 11.4 Å². The molecular weight excluding hydrogens is 458 g/mol. The fraction of sp³-hybridized carbons (Fsp3) is 0.0870. The lowest BCUT2D eigenvalue weighted by molar-refractivity contribution is 0.0766. The predicted molar refractivity (Wildman–Crippen MR) is 119 cm³/mol. The van der Waals surface area contributed by atoms with Crippen LogP contribution in [-0.4, -0.2) is 25.8 Å². The molecule has 0 saturated heterocycles. The van der Waals surface area contributed by atoms with Crippen molar-refractivity contribution in [1.82, 2.24) is 4.90 Å². The lowest BCUT2D eigenvalue weighted by atomic mass is 10.1. The van der Waals surface area contributed by atoms with E-state index in [0.717, 1.165) is 24.3 Å². The van der Waals surface area contributed by atoms with Gasteiger partial charge >= 0.3 is 0 Å². The van der Waals surface area contributed by atoms with Crippen molar-refractivity contribution < 1.29 is 22.0 Å². The number of halogens is 3. The smallest absolute Gasteiger partial charge is 0.261 e. The molecule has 0 aliphatic carbocycles. The molecule has 0 aromatic heterocycles. The molecule has 3 aromatic rings. The van der Waals surface area contributed by atoms with Gasteiger partial charge in [0.05, 0.1) is 22.2 Å². The van der Waals surface area contributed by atoms with E-state index in [2.05, 4.69) is 10.6 Å². The minimum atomic E-state index is -4.07. The number of hydrogen-bond donors (Lipinski definition) is 1. The second kappa shape index (κ2) is 9.81. The molecule has 0 unspecified atom stereocenters. The Morgan fingerprint density at radius 1 is 1.00 bits per heavy atom. The van der Waals surface area contributed by atoms with Crippen molar-refractivity contribution in [1.29, 1.82) is 0 Å². The van der Waals surface area contributed by atoms with Gasteiger partial charge in [-0.25, -0.2) is 17.2 Å². The summed E-state index contributed by atoms with van der Waals surface area (Å²) < 4.78 is 53.8. The number of carbonyl (C=O) groups is 1. The molecule has 0 atom stereocenters. The van der Waals surface area contributed by atoms with Crippen molar-refractivity contribution >= 4 is 33.2 Å². The third-order valence-electron chi connectivity index (χ3n) is 4.44. The highest BCUT2D eigenvalue weighted by Crippen LogP contribution is 2.27. The van der Waals surface area contributed by atoms with E-state index in [0.29, 0.717) is 5.56 Å². The second-order valence-corrected chi connectivity index (χ2v) is 8.84. The van der Waals surface area contributed by atoms with E-state index in [1.165, 1.54) is 47.4 Å². The number of benzene rings is 3. The van der Waals surface area contributed by atoms with Gasteiger partial charge in [0.2, 0.25) is 0 Å². The van der Waals surface area contributed by atoms with Crippen LogP contribution in [0.5, 0.6) is 0 Å². The second-order valence-electron chi connectivity index (χ2n) is 6.75. The van der Waals surface area contributed by atoms with Crippen LogP contribution in [0.25, 0.3) is 0 Å². The SMILES string of the molecule is C#CCN(Cc1ccc(F)cc1)C(=O)c1ccc(Cl)c(NS(=O)(=O)c2ccc(F)cc2)c1. The molecule has 1 N–H and O–H groups in total. The summed E-state index contributed by atoms with van der Waals surface area (Å²) in [6, 6.07) is 14.0.